The van der Waals surface area contributed by atoms with Gasteiger partial charge in [-0.2, -0.15) is 0 Å². The van der Waals surface area contributed by atoms with E-state index < -0.39 is 0 Å². The van der Waals surface area contributed by atoms with Crippen LogP contribution in [0.3, 0.4) is 0 Å². The Morgan fingerprint density at radius 2 is 1.75 bits per heavy atom. The summed E-state index contributed by atoms with van der Waals surface area (Å²) in [5.74, 6) is 0. The summed E-state index contributed by atoms with van der Waals surface area (Å²) in [7, 11) is 0. The number of hydrogen-bond donors (Lipinski definition) is 1. The van der Waals surface area contributed by atoms with E-state index in [1.165, 1.54) is 57.9 Å². The Labute approximate surface area is 99.6 Å². The monoisotopic (exact) mass is 222 g/mol. The molecule has 2 N–H and O–H groups in total. The molecule has 0 aromatic heterocycles. The van der Waals surface area contributed by atoms with E-state index in [1.807, 2.05) is 0 Å². The summed E-state index contributed by atoms with van der Waals surface area (Å²) in [5, 5.41) is 0. The standard InChI is InChI=1S/C14H26N2/c1-14(6-3-7-14)10-16-12-4-2-5-13(16)9-11(15)8-12/h11-13H,2-10,15H2,1H3. The molecule has 2 bridgehead atoms. The third-order valence-corrected chi connectivity index (χ3v) is 5.29. The Kier molecular flexibility index (Phi) is 2.75. The smallest absolute Gasteiger partial charge is 0.0113 e. The van der Waals surface area contributed by atoms with Gasteiger partial charge in [0, 0.05) is 24.7 Å². The van der Waals surface area contributed by atoms with Crippen LogP contribution in [0.1, 0.15) is 58.3 Å². The van der Waals surface area contributed by atoms with E-state index >= 15 is 0 Å². The molecular weight excluding hydrogens is 196 g/mol. The van der Waals surface area contributed by atoms with Gasteiger partial charge < -0.3 is 5.73 Å². The highest BCUT2D eigenvalue weighted by Crippen LogP contribution is 2.44. The van der Waals surface area contributed by atoms with Crippen molar-refractivity contribution in [3.05, 3.63) is 0 Å². The van der Waals surface area contributed by atoms with Crippen LogP contribution in [0.4, 0.5) is 0 Å². The van der Waals surface area contributed by atoms with Crippen LogP contribution >= 0.6 is 0 Å². The summed E-state index contributed by atoms with van der Waals surface area (Å²) in [5.41, 5.74) is 6.82. The molecule has 2 heterocycles. The molecule has 3 fully saturated rings. The van der Waals surface area contributed by atoms with E-state index in [4.69, 9.17) is 5.73 Å². The normalized spacial score (nSPS) is 42.8. The second-order valence-electron chi connectivity index (χ2n) is 6.81. The second kappa shape index (κ2) is 3.99. The number of hydrogen-bond acceptors (Lipinski definition) is 2. The molecule has 2 saturated heterocycles. The van der Waals surface area contributed by atoms with Gasteiger partial charge >= 0.3 is 0 Å². The first kappa shape index (κ1) is 11.0. The van der Waals surface area contributed by atoms with Crippen molar-refractivity contribution >= 4 is 0 Å². The first-order valence-corrected chi connectivity index (χ1v) is 7.18. The molecule has 3 aliphatic rings. The van der Waals surface area contributed by atoms with Gasteiger partial charge in [-0.1, -0.05) is 19.8 Å². The van der Waals surface area contributed by atoms with E-state index in [0.29, 0.717) is 11.5 Å². The van der Waals surface area contributed by atoms with Crippen molar-refractivity contribution in [3.63, 3.8) is 0 Å². The molecule has 1 aliphatic carbocycles. The molecule has 1 saturated carbocycles. The summed E-state index contributed by atoms with van der Waals surface area (Å²) >= 11 is 0. The third kappa shape index (κ3) is 1.91. The number of rotatable bonds is 2. The van der Waals surface area contributed by atoms with Crippen molar-refractivity contribution in [2.24, 2.45) is 11.1 Å². The van der Waals surface area contributed by atoms with E-state index in [2.05, 4.69) is 11.8 Å². The van der Waals surface area contributed by atoms with Crippen LogP contribution in [-0.2, 0) is 0 Å². The van der Waals surface area contributed by atoms with Crippen molar-refractivity contribution < 1.29 is 0 Å². The molecule has 92 valence electrons. The maximum atomic E-state index is 6.17. The fraction of sp³-hybridized carbons (Fsp3) is 1.00. The molecule has 0 spiro atoms. The molecule has 0 amide bonds. The van der Waals surface area contributed by atoms with Crippen LogP contribution in [-0.4, -0.2) is 29.6 Å². The third-order valence-electron chi connectivity index (χ3n) is 5.29. The molecule has 3 rings (SSSR count). The lowest BCUT2D eigenvalue weighted by Gasteiger charge is -2.53. The summed E-state index contributed by atoms with van der Waals surface area (Å²) in [4.78, 5) is 2.84. The predicted octanol–water partition coefficient (Wildman–Crippen LogP) is 2.52. The van der Waals surface area contributed by atoms with Crippen molar-refractivity contribution in [1.82, 2.24) is 4.90 Å². The minimum Gasteiger partial charge on any atom is -0.328 e. The average Bonchev–Trinajstić information content (AvgIpc) is 2.17. The number of nitrogens with two attached hydrogens (primary N) is 1. The van der Waals surface area contributed by atoms with Crippen molar-refractivity contribution in [2.45, 2.75) is 76.4 Å². The van der Waals surface area contributed by atoms with Gasteiger partial charge in [-0.3, -0.25) is 4.90 Å². The van der Waals surface area contributed by atoms with E-state index in [1.54, 1.807) is 0 Å². The minimum atomic E-state index is 0.487. The first-order chi connectivity index (χ1) is 7.66. The molecule has 0 aromatic carbocycles. The van der Waals surface area contributed by atoms with Crippen molar-refractivity contribution in [3.8, 4) is 0 Å². The molecule has 0 radical (unpaired) electrons. The highest BCUT2D eigenvalue weighted by molar-refractivity contribution is 4.97. The molecule has 2 unspecified atom stereocenters. The van der Waals surface area contributed by atoms with Crippen molar-refractivity contribution in [2.75, 3.05) is 6.54 Å². The van der Waals surface area contributed by atoms with Crippen molar-refractivity contribution in [1.29, 1.82) is 0 Å². The van der Waals surface area contributed by atoms with Crippen LogP contribution in [0.5, 0.6) is 0 Å². The number of fused-ring (bicyclic) bond motifs is 2. The topological polar surface area (TPSA) is 29.3 Å². The van der Waals surface area contributed by atoms with Crippen LogP contribution in [0.2, 0.25) is 0 Å². The highest BCUT2D eigenvalue weighted by atomic mass is 15.2. The molecule has 2 nitrogen and oxygen atoms in total. The zero-order valence-electron chi connectivity index (χ0n) is 10.6. The van der Waals surface area contributed by atoms with Crippen LogP contribution in [0.25, 0.3) is 0 Å². The average molecular weight is 222 g/mol. The Bertz CT molecular complexity index is 245. The Morgan fingerprint density at radius 1 is 1.12 bits per heavy atom. The van der Waals surface area contributed by atoms with Gasteiger partial charge in [0.25, 0.3) is 0 Å². The predicted molar refractivity (Wildman–Crippen MR) is 67.3 cm³/mol. The van der Waals surface area contributed by atoms with Crippen LogP contribution in [0.15, 0.2) is 0 Å². The lowest BCUT2D eigenvalue weighted by atomic mass is 9.68. The number of piperidine rings is 2. The zero-order chi connectivity index (χ0) is 11.2. The fourth-order valence-electron chi connectivity index (χ4n) is 4.16. The van der Waals surface area contributed by atoms with E-state index in [-0.39, 0.29) is 0 Å². The summed E-state index contributed by atoms with van der Waals surface area (Å²) < 4.78 is 0. The molecule has 16 heavy (non-hydrogen) atoms. The largest absolute Gasteiger partial charge is 0.328 e. The van der Waals surface area contributed by atoms with Gasteiger partial charge in [-0.15, -0.1) is 0 Å². The summed E-state index contributed by atoms with van der Waals surface area (Å²) in [6.45, 7) is 3.84. The van der Waals surface area contributed by atoms with Gasteiger partial charge in [0.1, 0.15) is 0 Å². The van der Waals surface area contributed by atoms with E-state index in [9.17, 15) is 0 Å². The lowest BCUT2D eigenvalue weighted by molar-refractivity contribution is -0.0228. The highest BCUT2D eigenvalue weighted by Gasteiger charge is 2.42. The quantitative estimate of drug-likeness (QED) is 0.778. The lowest BCUT2D eigenvalue weighted by Crippen LogP contribution is -2.58. The molecule has 2 atom stereocenters. The fourth-order valence-corrected chi connectivity index (χ4v) is 4.16. The molecular formula is C14H26N2. The summed E-state index contributed by atoms with van der Waals surface area (Å²) in [6, 6.07) is 2.13. The Morgan fingerprint density at radius 3 is 2.25 bits per heavy atom. The minimum absolute atomic E-state index is 0.487. The van der Waals surface area contributed by atoms with E-state index in [0.717, 1.165) is 12.1 Å². The molecule has 2 aliphatic heterocycles. The zero-order valence-corrected chi connectivity index (χ0v) is 10.6. The Hall–Kier alpha value is -0.0800. The van der Waals surface area contributed by atoms with Gasteiger partial charge in [0.05, 0.1) is 0 Å². The maximum Gasteiger partial charge on any atom is 0.0113 e. The molecule has 0 aromatic rings. The summed E-state index contributed by atoms with van der Waals surface area (Å²) in [6.07, 6.45) is 11.1. The van der Waals surface area contributed by atoms with Gasteiger partial charge in [-0.25, -0.2) is 0 Å². The molecule has 2 heteroatoms. The van der Waals surface area contributed by atoms with Crippen LogP contribution in [0, 0.1) is 5.41 Å². The Balaban J connectivity index is 1.69. The first-order valence-electron chi connectivity index (χ1n) is 7.18. The van der Waals surface area contributed by atoms with Crippen LogP contribution < -0.4 is 5.73 Å². The SMILES string of the molecule is CC1(CN2C3CCCC2CC(N)C3)CCC1. The number of nitrogens with zero attached hydrogens (tertiary/aromatic N) is 1. The second-order valence-corrected chi connectivity index (χ2v) is 6.81. The van der Waals surface area contributed by atoms with Gasteiger partial charge in [-0.05, 0) is 43.9 Å². The van der Waals surface area contributed by atoms with Gasteiger partial charge in [0.2, 0.25) is 0 Å². The maximum absolute atomic E-state index is 6.17. The van der Waals surface area contributed by atoms with Gasteiger partial charge in [0.15, 0.2) is 0 Å².